The summed E-state index contributed by atoms with van der Waals surface area (Å²) in [5, 5.41) is 15.0. The van der Waals surface area contributed by atoms with E-state index in [0.29, 0.717) is 22.2 Å². The lowest BCUT2D eigenvalue weighted by Crippen LogP contribution is -2.14. The third-order valence-electron chi connectivity index (χ3n) is 4.00. The summed E-state index contributed by atoms with van der Waals surface area (Å²) in [5.41, 5.74) is 0.968. The molecule has 2 aromatic carbocycles. The van der Waals surface area contributed by atoms with Crippen LogP contribution in [0.3, 0.4) is 0 Å². The van der Waals surface area contributed by atoms with Crippen LogP contribution in [0.5, 0.6) is 0 Å². The second-order valence-electron chi connectivity index (χ2n) is 6.14. The van der Waals surface area contributed by atoms with E-state index >= 15 is 0 Å². The van der Waals surface area contributed by atoms with E-state index in [2.05, 4.69) is 25.7 Å². The number of hydrogen-bond acceptors (Lipinski definition) is 7. The second-order valence-corrected chi connectivity index (χ2v) is 7.08. The molecule has 0 radical (unpaired) electrons. The molecule has 0 saturated carbocycles. The van der Waals surface area contributed by atoms with E-state index in [4.69, 9.17) is 4.52 Å². The van der Waals surface area contributed by atoms with Crippen molar-refractivity contribution in [1.29, 1.82) is 0 Å². The minimum Gasteiger partial charge on any atom is -0.330 e. The van der Waals surface area contributed by atoms with Crippen molar-refractivity contribution in [2.75, 3.05) is 11.1 Å². The van der Waals surface area contributed by atoms with Gasteiger partial charge in [-0.05, 0) is 42.5 Å². The average Bonchev–Trinajstić information content (AvgIpc) is 3.34. The van der Waals surface area contributed by atoms with Crippen molar-refractivity contribution in [3.8, 4) is 23.1 Å². The van der Waals surface area contributed by atoms with Gasteiger partial charge in [0.05, 0.1) is 5.75 Å². The van der Waals surface area contributed by atoms with Crippen LogP contribution in [0.15, 0.2) is 58.2 Å². The molecule has 0 saturated heterocycles. The Bertz CT molecular complexity index is 1190. The molecule has 1 N–H and O–H groups in total. The van der Waals surface area contributed by atoms with E-state index in [0.717, 1.165) is 11.8 Å². The molecule has 0 atom stereocenters. The number of anilines is 1. The highest BCUT2D eigenvalue weighted by atomic mass is 32.2. The van der Waals surface area contributed by atoms with Gasteiger partial charge in [-0.15, -0.1) is 10.2 Å². The first-order chi connectivity index (χ1) is 14.5. The lowest BCUT2D eigenvalue weighted by Gasteiger charge is -2.05. The third kappa shape index (κ3) is 4.35. The number of nitrogens with zero attached hydrogens (tertiary/aromatic N) is 5. The number of hydrogen-bond donors (Lipinski definition) is 1. The Morgan fingerprint density at radius 2 is 1.93 bits per heavy atom. The Balaban J connectivity index is 1.42. The molecule has 0 unspecified atom stereocenters. The molecule has 152 valence electrons. The summed E-state index contributed by atoms with van der Waals surface area (Å²) >= 11 is 1.15. The Hall–Kier alpha value is -3.60. The van der Waals surface area contributed by atoms with E-state index < -0.39 is 5.82 Å². The number of thioether (sulfide) groups is 1. The standard InChI is InChI=1S/C19H14F2N6O2S/c1-27-17(18-23-16(26-29-18)11-5-7-12(20)8-6-11)24-25-19(27)30-10-15(28)22-14-4-2-3-13(21)9-14/h2-9H,10H2,1H3,(H,22,28). The summed E-state index contributed by atoms with van der Waals surface area (Å²) in [6, 6.07) is 11.3. The molecule has 0 fully saturated rings. The van der Waals surface area contributed by atoms with Gasteiger partial charge in [-0.3, -0.25) is 4.79 Å². The minimum absolute atomic E-state index is 0.0488. The van der Waals surface area contributed by atoms with Crippen molar-refractivity contribution >= 4 is 23.4 Å². The molecule has 0 aliphatic heterocycles. The highest BCUT2D eigenvalue weighted by Crippen LogP contribution is 2.24. The summed E-state index contributed by atoms with van der Waals surface area (Å²) in [4.78, 5) is 16.4. The van der Waals surface area contributed by atoms with E-state index in [1.54, 1.807) is 29.8 Å². The van der Waals surface area contributed by atoms with Crippen LogP contribution >= 0.6 is 11.8 Å². The Morgan fingerprint density at radius 1 is 1.13 bits per heavy atom. The zero-order valence-electron chi connectivity index (χ0n) is 15.5. The van der Waals surface area contributed by atoms with Gasteiger partial charge in [-0.2, -0.15) is 4.98 Å². The number of halogens is 2. The third-order valence-corrected chi connectivity index (χ3v) is 5.02. The van der Waals surface area contributed by atoms with Gasteiger partial charge >= 0.3 is 0 Å². The SMILES string of the molecule is Cn1c(SCC(=O)Nc2cccc(F)c2)nnc1-c1nc(-c2ccc(F)cc2)no1. The lowest BCUT2D eigenvalue weighted by molar-refractivity contribution is -0.113. The Kier molecular flexibility index (Phi) is 5.53. The maximum absolute atomic E-state index is 13.2. The van der Waals surface area contributed by atoms with Crippen LogP contribution in [-0.4, -0.2) is 36.6 Å². The minimum atomic E-state index is -0.432. The normalized spacial score (nSPS) is 10.9. The van der Waals surface area contributed by atoms with Crippen LogP contribution < -0.4 is 5.32 Å². The monoisotopic (exact) mass is 428 g/mol. The van der Waals surface area contributed by atoms with E-state index in [1.165, 1.54) is 30.3 Å². The molecule has 4 aromatic rings. The molecule has 0 spiro atoms. The van der Waals surface area contributed by atoms with Crippen LogP contribution in [0, 0.1) is 11.6 Å². The van der Waals surface area contributed by atoms with Crippen molar-refractivity contribution in [3.05, 3.63) is 60.2 Å². The molecule has 0 bridgehead atoms. The van der Waals surface area contributed by atoms with Crippen LogP contribution in [0.1, 0.15) is 0 Å². The maximum atomic E-state index is 13.2. The first-order valence-corrected chi connectivity index (χ1v) is 9.66. The van der Waals surface area contributed by atoms with Crippen molar-refractivity contribution in [3.63, 3.8) is 0 Å². The van der Waals surface area contributed by atoms with E-state index in [1.807, 2.05) is 0 Å². The second kappa shape index (κ2) is 8.41. The maximum Gasteiger partial charge on any atom is 0.296 e. The van der Waals surface area contributed by atoms with Crippen LogP contribution in [0.25, 0.3) is 23.1 Å². The summed E-state index contributed by atoms with van der Waals surface area (Å²) < 4.78 is 33.1. The summed E-state index contributed by atoms with van der Waals surface area (Å²) in [7, 11) is 1.70. The molecular formula is C19H14F2N6O2S. The van der Waals surface area contributed by atoms with Gasteiger partial charge in [0.1, 0.15) is 11.6 Å². The Labute approximate surface area is 173 Å². The molecule has 0 aliphatic carbocycles. The van der Waals surface area contributed by atoms with Crippen molar-refractivity contribution in [2.24, 2.45) is 7.05 Å². The molecule has 0 aliphatic rings. The summed E-state index contributed by atoms with van der Waals surface area (Å²) in [5.74, 6) is -0.308. The number of aromatic nitrogens is 5. The highest BCUT2D eigenvalue weighted by Gasteiger charge is 2.19. The number of carbonyl (C=O) groups is 1. The molecule has 8 nitrogen and oxygen atoms in total. The van der Waals surface area contributed by atoms with Gasteiger partial charge in [0.2, 0.25) is 17.6 Å². The first kappa shape index (κ1) is 19.7. The van der Waals surface area contributed by atoms with Gasteiger partial charge in [-0.1, -0.05) is 23.0 Å². The van der Waals surface area contributed by atoms with Crippen molar-refractivity contribution in [1.82, 2.24) is 24.9 Å². The zero-order chi connectivity index (χ0) is 21.1. The lowest BCUT2D eigenvalue weighted by atomic mass is 10.2. The predicted octanol–water partition coefficient (Wildman–Crippen LogP) is 3.54. The fraction of sp³-hybridized carbons (Fsp3) is 0.105. The molecule has 1 amide bonds. The zero-order valence-corrected chi connectivity index (χ0v) is 16.4. The number of carbonyl (C=O) groups excluding carboxylic acids is 1. The highest BCUT2D eigenvalue weighted by molar-refractivity contribution is 7.99. The van der Waals surface area contributed by atoms with Gasteiger partial charge < -0.3 is 14.4 Å². The smallest absolute Gasteiger partial charge is 0.296 e. The first-order valence-electron chi connectivity index (χ1n) is 8.67. The van der Waals surface area contributed by atoms with E-state index in [-0.39, 0.29) is 29.2 Å². The van der Waals surface area contributed by atoms with Crippen molar-refractivity contribution < 1.29 is 18.1 Å². The molecular weight excluding hydrogens is 414 g/mol. The fourth-order valence-electron chi connectivity index (χ4n) is 2.55. The van der Waals surface area contributed by atoms with Crippen LogP contribution in [0.2, 0.25) is 0 Å². The fourth-order valence-corrected chi connectivity index (χ4v) is 3.26. The average molecular weight is 428 g/mol. The summed E-state index contributed by atoms with van der Waals surface area (Å²) in [6.07, 6.45) is 0. The predicted molar refractivity (Wildman–Crippen MR) is 105 cm³/mol. The molecule has 11 heteroatoms. The molecule has 30 heavy (non-hydrogen) atoms. The molecule has 2 heterocycles. The van der Waals surface area contributed by atoms with Gasteiger partial charge in [0.25, 0.3) is 5.89 Å². The summed E-state index contributed by atoms with van der Waals surface area (Å²) in [6.45, 7) is 0. The number of amides is 1. The quantitative estimate of drug-likeness (QED) is 0.469. The number of nitrogens with one attached hydrogen (secondary N) is 1. The number of rotatable bonds is 6. The van der Waals surface area contributed by atoms with Crippen LogP contribution in [0.4, 0.5) is 14.5 Å². The number of benzene rings is 2. The van der Waals surface area contributed by atoms with Crippen molar-refractivity contribution in [2.45, 2.75) is 5.16 Å². The van der Waals surface area contributed by atoms with Crippen LogP contribution in [-0.2, 0) is 11.8 Å². The van der Waals surface area contributed by atoms with E-state index in [9.17, 15) is 13.6 Å². The largest absolute Gasteiger partial charge is 0.330 e. The topological polar surface area (TPSA) is 98.7 Å². The molecule has 4 rings (SSSR count). The molecule has 2 aromatic heterocycles. The Morgan fingerprint density at radius 3 is 2.70 bits per heavy atom. The van der Waals surface area contributed by atoms with Gasteiger partial charge in [0.15, 0.2) is 5.16 Å². The van der Waals surface area contributed by atoms with Gasteiger partial charge in [-0.25, -0.2) is 8.78 Å². The van der Waals surface area contributed by atoms with Gasteiger partial charge in [0, 0.05) is 18.3 Å².